The minimum atomic E-state index is -0.519. The molecule has 0 saturated heterocycles. The molecule has 6 nitrogen and oxygen atoms in total. The molecule has 2 N–H and O–H groups in total. The second-order valence-electron chi connectivity index (χ2n) is 7.17. The predicted octanol–water partition coefficient (Wildman–Crippen LogP) is 3.69. The van der Waals surface area contributed by atoms with Crippen LogP contribution < -0.4 is 5.43 Å². The van der Waals surface area contributed by atoms with Crippen molar-refractivity contribution in [2.75, 3.05) is 0 Å². The fourth-order valence-corrected chi connectivity index (χ4v) is 3.14. The normalized spacial score (nSPS) is 11.9. The van der Waals surface area contributed by atoms with E-state index in [1.807, 2.05) is 52.0 Å². The van der Waals surface area contributed by atoms with Gasteiger partial charge in [0.15, 0.2) is 0 Å². The number of hydrogen-bond donors (Lipinski definition) is 2. The summed E-state index contributed by atoms with van der Waals surface area (Å²) in [4.78, 5) is 26.6. The smallest absolute Gasteiger partial charge is 0.275 e. The molecule has 0 aromatic heterocycles. The molecule has 6 heteroatoms. The maximum atomic E-state index is 12.4. The highest BCUT2D eigenvalue weighted by Gasteiger charge is 2.20. The lowest BCUT2D eigenvalue weighted by atomic mass is 10.1. The first-order valence-electron chi connectivity index (χ1n) is 9.07. The third-order valence-electron chi connectivity index (χ3n) is 4.26. The summed E-state index contributed by atoms with van der Waals surface area (Å²) in [6.07, 6.45) is 0.125. The van der Waals surface area contributed by atoms with E-state index in [1.165, 1.54) is 0 Å². The van der Waals surface area contributed by atoms with Crippen molar-refractivity contribution in [1.82, 2.24) is 10.3 Å². The van der Waals surface area contributed by atoms with Gasteiger partial charge in [0.05, 0.1) is 12.0 Å². The Labute approximate surface area is 159 Å². The van der Waals surface area contributed by atoms with Crippen LogP contribution in [0, 0.1) is 0 Å². The number of benzene rings is 2. The molecule has 0 bridgehead atoms. The Morgan fingerprint density at radius 2 is 1.63 bits per heavy atom. The molecule has 2 aromatic carbocycles. The standard InChI is InChI=1S/C21H27N3O3/c1-13(2)24(14(3)4)20(26)10-15(5)22-23-21(27)18-11-16-8-6-7-9-17(16)12-19(18)25/h6-9,11-14,25H,10H2,1-5H3,(H,23,27)/b22-15+. The average Bonchev–Trinajstić information content (AvgIpc) is 2.58. The van der Waals surface area contributed by atoms with Crippen LogP contribution in [-0.2, 0) is 4.79 Å². The number of aromatic hydroxyl groups is 1. The number of phenolic OH excluding ortho intramolecular Hbond substituents is 1. The van der Waals surface area contributed by atoms with Crippen LogP contribution in [0.15, 0.2) is 41.5 Å². The van der Waals surface area contributed by atoms with Crippen LogP contribution in [0.2, 0.25) is 0 Å². The maximum Gasteiger partial charge on any atom is 0.275 e. The number of carbonyl (C=O) groups is 2. The molecule has 0 spiro atoms. The molecular formula is C21H27N3O3. The summed E-state index contributed by atoms with van der Waals surface area (Å²) < 4.78 is 0. The van der Waals surface area contributed by atoms with Crippen molar-refractivity contribution in [2.45, 2.75) is 53.1 Å². The van der Waals surface area contributed by atoms with Gasteiger partial charge in [0.25, 0.3) is 5.91 Å². The summed E-state index contributed by atoms with van der Waals surface area (Å²) in [6.45, 7) is 9.56. The number of rotatable bonds is 6. The Balaban J connectivity index is 2.09. The van der Waals surface area contributed by atoms with E-state index in [4.69, 9.17) is 0 Å². The van der Waals surface area contributed by atoms with E-state index in [2.05, 4.69) is 10.5 Å². The van der Waals surface area contributed by atoms with E-state index in [0.717, 1.165) is 10.8 Å². The van der Waals surface area contributed by atoms with Crippen LogP contribution in [-0.4, -0.2) is 39.6 Å². The van der Waals surface area contributed by atoms with Gasteiger partial charge in [-0.2, -0.15) is 5.10 Å². The molecule has 2 aromatic rings. The van der Waals surface area contributed by atoms with Crippen LogP contribution in [0.3, 0.4) is 0 Å². The lowest BCUT2D eigenvalue weighted by Gasteiger charge is -2.30. The van der Waals surface area contributed by atoms with Gasteiger partial charge in [-0.05, 0) is 57.5 Å². The average molecular weight is 369 g/mol. The number of hydrogen-bond acceptors (Lipinski definition) is 4. The lowest BCUT2D eigenvalue weighted by Crippen LogP contribution is -2.42. The molecule has 27 heavy (non-hydrogen) atoms. The Morgan fingerprint density at radius 3 is 2.19 bits per heavy atom. The number of hydrazone groups is 1. The number of nitrogens with zero attached hydrogens (tertiary/aromatic N) is 2. The topological polar surface area (TPSA) is 82.0 Å². The van der Waals surface area contributed by atoms with Crippen molar-refractivity contribution in [2.24, 2.45) is 5.10 Å². The first kappa shape index (κ1) is 20.4. The van der Waals surface area contributed by atoms with E-state index in [-0.39, 0.29) is 35.7 Å². The fraction of sp³-hybridized carbons (Fsp3) is 0.381. The Bertz CT molecular complexity index is 864. The monoisotopic (exact) mass is 369 g/mol. The summed E-state index contributed by atoms with van der Waals surface area (Å²) in [6, 6.07) is 10.8. The number of phenols is 1. The van der Waals surface area contributed by atoms with Gasteiger partial charge in [-0.3, -0.25) is 9.59 Å². The van der Waals surface area contributed by atoms with Crippen molar-refractivity contribution in [1.29, 1.82) is 0 Å². The highest BCUT2D eigenvalue weighted by atomic mass is 16.3. The zero-order chi connectivity index (χ0) is 20.1. The van der Waals surface area contributed by atoms with Crippen LogP contribution in [0.4, 0.5) is 0 Å². The second kappa shape index (κ2) is 8.66. The number of carbonyl (C=O) groups excluding carboxylic acids is 2. The van der Waals surface area contributed by atoms with Crippen molar-refractivity contribution in [3.63, 3.8) is 0 Å². The van der Waals surface area contributed by atoms with E-state index < -0.39 is 5.91 Å². The Kier molecular flexibility index (Phi) is 6.55. The molecule has 0 unspecified atom stereocenters. The van der Waals surface area contributed by atoms with Crippen LogP contribution >= 0.6 is 0 Å². The minimum Gasteiger partial charge on any atom is -0.507 e. The van der Waals surface area contributed by atoms with Crippen molar-refractivity contribution in [3.05, 3.63) is 42.0 Å². The van der Waals surface area contributed by atoms with Gasteiger partial charge in [0.2, 0.25) is 5.91 Å². The predicted molar refractivity (Wildman–Crippen MR) is 108 cm³/mol. The van der Waals surface area contributed by atoms with Crippen LogP contribution in [0.1, 0.15) is 51.4 Å². The van der Waals surface area contributed by atoms with Crippen molar-refractivity contribution in [3.8, 4) is 5.75 Å². The molecule has 0 aliphatic carbocycles. The Morgan fingerprint density at radius 1 is 1.07 bits per heavy atom. The van der Waals surface area contributed by atoms with E-state index >= 15 is 0 Å². The summed E-state index contributed by atoms with van der Waals surface area (Å²) in [5, 5.41) is 15.8. The SMILES string of the molecule is C/C(CC(=O)N(C(C)C)C(C)C)=N\NC(=O)c1cc2ccccc2cc1O. The molecule has 0 atom stereocenters. The molecule has 0 aliphatic rings. The van der Waals surface area contributed by atoms with Crippen LogP contribution in [0.5, 0.6) is 5.75 Å². The minimum absolute atomic E-state index is 0.0379. The zero-order valence-corrected chi connectivity index (χ0v) is 16.5. The maximum absolute atomic E-state index is 12.4. The van der Waals surface area contributed by atoms with Crippen LogP contribution in [0.25, 0.3) is 10.8 Å². The van der Waals surface area contributed by atoms with Gasteiger partial charge in [0, 0.05) is 17.8 Å². The van der Waals surface area contributed by atoms with Gasteiger partial charge >= 0.3 is 0 Å². The van der Waals surface area contributed by atoms with E-state index in [1.54, 1.807) is 24.0 Å². The molecule has 0 radical (unpaired) electrons. The molecule has 0 saturated carbocycles. The number of fused-ring (bicyclic) bond motifs is 1. The highest BCUT2D eigenvalue weighted by molar-refractivity contribution is 6.03. The third kappa shape index (κ3) is 5.06. The Hall–Kier alpha value is -2.89. The van der Waals surface area contributed by atoms with E-state index in [0.29, 0.717) is 5.71 Å². The van der Waals surface area contributed by atoms with E-state index in [9.17, 15) is 14.7 Å². The molecule has 144 valence electrons. The van der Waals surface area contributed by atoms with Gasteiger partial charge < -0.3 is 10.0 Å². The van der Waals surface area contributed by atoms with Crippen molar-refractivity contribution >= 4 is 28.3 Å². The molecule has 0 fully saturated rings. The summed E-state index contributed by atoms with van der Waals surface area (Å²) in [5.74, 6) is -0.667. The highest BCUT2D eigenvalue weighted by Crippen LogP contribution is 2.24. The lowest BCUT2D eigenvalue weighted by molar-refractivity contribution is -0.133. The molecule has 0 heterocycles. The summed E-state index contributed by atoms with van der Waals surface area (Å²) in [7, 11) is 0. The quantitative estimate of drug-likeness (QED) is 0.602. The first-order chi connectivity index (χ1) is 12.7. The van der Waals surface area contributed by atoms with Gasteiger partial charge in [-0.1, -0.05) is 24.3 Å². The largest absolute Gasteiger partial charge is 0.507 e. The molecular weight excluding hydrogens is 342 g/mol. The summed E-state index contributed by atoms with van der Waals surface area (Å²) >= 11 is 0. The zero-order valence-electron chi connectivity index (χ0n) is 16.5. The van der Waals surface area contributed by atoms with Gasteiger partial charge in [-0.15, -0.1) is 0 Å². The molecule has 2 rings (SSSR count). The summed E-state index contributed by atoms with van der Waals surface area (Å²) in [5.41, 5.74) is 3.07. The van der Waals surface area contributed by atoms with Gasteiger partial charge in [-0.25, -0.2) is 5.43 Å². The third-order valence-corrected chi connectivity index (χ3v) is 4.26. The number of nitrogens with one attached hydrogen (secondary N) is 1. The molecule has 0 aliphatic heterocycles. The van der Waals surface area contributed by atoms with Gasteiger partial charge in [0.1, 0.15) is 5.75 Å². The van der Waals surface area contributed by atoms with Crippen molar-refractivity contribution < 1.29 is 14.7 Å². The molecule has 2 amide bonds. The number of amides is 2. The second-order valence-corrected chi connectivity index (χ2v) is 7.17. The fourth-order valence-electron chi connectivity index (χ4n) is 3.14. The first-order valence-corrected chi connectivity index (χ1v) is 9.07.